The summed E-state index contributed by atoms with van der Waals surface area (Å²) in [5, 5.41) is 0. The Balaban J connectivity index is 0.000000640. The minimum atomic E-state index is -0.148. The van der Waals surface area contributed by atoms with Crippen LogP contribution in [0.1, 0.15) is 20.3 Å². The van der Waals surface area contributed by atoms with Crippen molar-refractivity contribution in [2.45, 2.75) is 25.1 Å². The molecule has 1 aliphatic rings. The molecule has 56 valence electrons. The molecule has 1 saturated carbocycles. The first-order valence-corrected chi connectivity index (χ1v) is 3.69. The van der Waals surface area contributed by atoms with Crippen LogP contribution >= 0.6 is 23.2 Å². The summed E-state index contributed by atoms with van der Waals surface area (Å²) >= 11 is 11.3. The first-order valence-electron chi connectivity index (χ1n) is 2.82. The zero-order valence-corrected chi connectivity index (χ0v) is 7.34. The van der Waals surface area contributed by atoms with Crippen LogP contribution in [0.5, 0.6) is 0 Å². The summed E-state index contributed by atoms with van der Waals surface area (Å²) in [6.07, 6.45) is 1.19. The number of hydrogen-bond acceptors (Lipinski definition) is 1. The highest BCUT2D eigenvalue weighted by molar-refractivity contribution is 6.44. The Labute approximate surface area is 66.3 Å². The summed E-state index contributed by atoms with van der Waals surface area (Å²) < 4.78 is 0. The molecule has 0 aromatic carbocycles. The molecule has 3 heteroatoms. The molecule has 0 saturated heterocycles. The molecule has 1 rings (SSSR count). The van der Waals surface area contributed by atoms with Crippen molar-refractivity contribution in [1.29, 1.82) is 0 Å². The third kappa shape index (κ3) is 1.99. The van der Waals surface area contributed by atoms with E-state index in [2.05, 4.69) is 13.8 Å². The van der Waals surface area contributed by atoms with E-state index >= 15 is 0 Å². The van der Waals surface area contributed by atoms with Crippen molar-refractivity contribution in [1.82, 2.24) is 6.15 Å². The maximum atomic E-state index is 5.63. The molecular weight excluding hydrogens is 157 g/mol. The fraction of sp³-hybridized carbons (Fsp3) is 1.00. The average Bonchev–Trinajstić information content (AvgIpc) is 2.13. The van der Waals surface area contributed by atoms with Crippen molar-refractivity contribution < 1.29 is 0 Å². The predicted molar refractivity (Wildman–Crippen MR) is 42.4 cm³/mol. The molecule has 0 aromatic rings. The molecule has 1 aliphatic carbocycles. The largest absolute Gasteiger partial charge is 0.344 e. The standard InChI is InChI=1S/C6H10Cl2.H3N/c1-6(2)3-4(6)5(7)8;/h4-5H,3H2,1-2H3;1H3. The van der Waals surface area contributed by atoms with Gasteiger partial charge < -0.3 is 6.15 Å². The lowest BCUT2D eigenvalue weighted by molar-refractivity contribution is 0.578. The van der Waals surface area contributed by atoms with Crippen LogP contribution in [-0.2, 0) is 0 Å². The van der Waals surface area contributed by atoms with Crippen molar-refractivity contribution in [3.8, 4) is 0 Å². The maximum Gasteiger partial charge on any atom is 0.111 e. The van der Waals surface area contributed by atoms with E-state index in [1.807, 2.05) is 0 Å². The van der Waals surface area contributed by atoms with Crippen molar-refractivity contribution in [3.05, 3.63) is 0 Å². The quantitative estimate of drug-likeness (QED) is 0.603. The van der Waals surface area contributed by atoms with Crippen molar-refractivity contribution in [2.24, 2.45) is 11.3 Å². The summed E-state index contributed by atoms with van der Waals surface area (Å²) in [5.41, 5.74) is 0.425. The molecule has 3 N–H and O–H groups in total. The third-order valence-corrected chi connectivity index (χ3v) is 2.50. The molecule has 0 amide bonds. The van der Waals surface area contributed by atoms with Crippen LogP contribution in [0.4, 0.5) is 0 Å². The van der Waals surface area contributed by atoms with Gasteiger partial charge in [0.2, 0.25) is 0 Å². The van der Waals surface area contributed by atoms with E-state index in [9.17, 15) is 0 Å². The van der Waals surface area contributed by atoms with E-state index in [-0.39, 0.29) is 11.0 Å². The van der Waals surface area contributed by atoms with E-state index < -0.39 is 0 Å². The lowest BCUT2D eigenvalue weighted by atomic mass is 10.1. The highest BCUT2D eigenvalue weighted by Crippen LogP contribution is 2.55. The van der Waals surface area contributed by atoms with Gasteiger partial charge in [0.05, 0.1) is 0 Å². The normalized spacial score (nSPS) is 29.7. The second kappa shape index (κ2) is 2.65. The number of hydrogen-bond donors (Lipinski definition) is 1. The Bertz CT molecular complexity index is 101. The van der Waals surface area contributed by atoms with Gasteiger partial charge in [-0.2, -0.15) is 0 Å². The van der Waals surface area contributed by atoms with Gasteiger partial charge in [-0.1, -0.05) is 13.8 Å². The van der Waals surface area contributed by atoms with Crippen LogP contribution in [0.25, 0.3) is 0 Å². The Morgan fingerprint density at radius 1 is 1.44 bits per heavy atom. The maximum absolute atomic E-state index is 5.63. The summed E-state index contributed by atoms with van der Waals surface area (Å²) in [5.74, 6) is 0.547. The zero-order chi connectivity index (χ0) is 6.36. The fourth-order valence-electron chi connectivity index (χ4n) is 0.938. The van der Waals surface area contributed by atoms with Crippen LogP contribution in [0.3, 0.4) is 0 Å². The summed E-state index contributed by atoms with van der Waals surface area (Å²) in [4.78, 5) is -0.148. The first kappa shape index (κ1) is 9.54. The van der Waals surface area contributed by atoms with Crippen LogP contribution in [0.2, 0.25) is 0 Å². The van der Waals surface area contributed by atoms with Crippen LogP contribution < -0.4 is 6.15 Å². The molecule has 9 heavy (non-hydrogen) atoms. The molecule has 0 heterocycles. The Hall–Kier alpha value is 0.540. The fourth-order valence-corrected chi connectivity index (χ4v) is 1.80. The van der Waals surface area contributed by atoms with E-state index in [1.165, 1.54) is 6.42 Å². The molecule has 0 radical (unpaired) electrons. The van der Waals surface area contributed by atoms with Gasteiger partial charge in [-0.15, -0.1) is 23.2 Å². The van der Waals surface area contributed by atoms with Crippen molar-refractivity contribution in [2.75, 3.05) is 0 Å². The SMILES string of the molecule is CC1(C)CC1C(Cl)Cl.N. The minimum absolute atomic E-state index is 0. The van der Waals surface area contributed by atoms with Crippen LogP contribution in [0.15, 0.2) is 0 Å². The Kier molecular flexibility index (Phi) is 2.81. The zero-order valence-electron chi connectivity index (χ0n) is 5.82. The molecule has 0 bridgehead atoms. The van der Waals surface area contributed by atoms with E-state index in [0.717, 1.165) is 0 Å². The first-order chi connectivity index (χ1) is 3.54. The molecular formula is C6H13Cl2N. The smallest absolute Gasteiger partial charge is 0.111 e. The Morgan fingerprint density at radius 3 is 1.78 bits per heavy atom. The number of halogens is 2. The third-order valence-electron chi connectivity index (χ3n) is 1.89. The second-order valence-electron chi connectivity index (χ2n) is 3.13. The second-order valence-corrected chi connectivity index (χ2v) is 4.30. The monoisotopic (exact) mass is 169 g/mol. The van der Waals surface area contributed by atoms with Gasteiger partial charge >= 0.3 is 0 Å². The molecule has 1 atom stereocenters. The minimum Gasteiger partial charge on any atom is -0.344 e. The molecule has 1 nitrogen and oxygen atoms in total. The molecule has 0 spiro atoms. The molecule has 1 unspecified atom stereocenters. The highest BCUT2D eigenvalue weighted by Gasteiger charge is 2.49. The molecule has 0 aromatic heterocycles. The molecule has 0 aliphatic heterocycles. The van der Waals surface area contributed by atoms with E-state index in [0.29, 0.717) is 11.3 Å². The number of alkyl halides is 2. The summed E-state index contributed by atoms with van der Waals surface area (Å²) in [7, 11) is 0. The number of rotatable bonds is 1. The van der Waals surface area contributed by atoms with Crippen LogP contribution in [-0.4, -0.2) is 4.84 Å². The Morgan fingerprint density at radius 2 is 1.78 bits per heavy atom. The highest BCUT2D eigenvalue weighted by atomic mass is 35.5. The summed E-state index contributed by atoms with van der Waals surface area (Å²) in [6.45, 7) is 4.38. The van der Waals surface area contributed by atoms with Gasteiger partial charge in [-0.3, -0.25) is 0 Å². The van der Waals surface area contributed by atoms with Gasteiger partial charge in [-0.25, -0.2) is 0 Å². The van der Waals surface area contributed by atoms with Crippen molar-refractivity contribution >= 4 is 23.2 Å². The van der Waals surface area contributed by atoms with Crippen LogP contribution in [0, 0.1) is 11.3 Å². The van der Waals surface area contributed by atoms with Gasteiger partial charge in [0.1, 0.15) is 4.84 Å². The van der Waals surface area contributed by atoms with Crippen molar-refractivity contribution in [3.63, 3.8) is 0 Å². The topological polar surface area (TPSA) is 35.0 Å². The summed E-state index contributed by atoms with van der Waals surface area (Å²) in [6, 6.07) is 0. The van der Waals surface area contributed by atoms with Gasteiger partial charge in [-0.05, 0) is 17.8 Å². The predicted octanol–water partition coefficient (Wildman–Crippen LogP) is 3.00. The van der Waals surface area contributed by atoms with E-state index in [1.54, 1.807) is 0 Å². The molecule has 1 fully saturated rings. The van der Waals surface area contributed by atoms with Gasteiger partial charge in [0.15, 0.2) is 0 Å². The van der Waals surface area contributed by atoms with E-state index in [4.69, 9.17) is 23.2 Å². The lowest BCUT2D eigenvalue weighted by Crippen LogP contribution is -1.97. The van der Waals surface area contributed by atoms with Gasteiger partial charge in [0, 0.05) is 0 Å². The average molecular weight is 170 g/mol. The lowest BCUT2D eigenvalue weighted by Gasteiger charge is -2.00. The van der Waals surface area contributed by atoms with Gasteiger partial charge in [0.25, 0.3) is 0 Å².